The highest BCUT2D eigenvalue weighted by molar-refractivity contribution is 6.56. The molecule has 0 aliphatic carbocycles. The van der Waals surface area contributed by atoms with Crippen LogP contribution in [0.15, 0.2) is 10.3 Å². The van der Waals surface area contributed by atoms with Crippen LogP contribution in [0.1, 0.15) is 6.92 Å². The third-order valence-electron chi connectivity index (χ3n) is 0.401. The molecular formula is C5H3Cl2F. The van der Waals surface area contributed by atoms with Gasteiger partial charge in [-0.1, -0.05) is 29.1 Å². The van der Waals surface area contributed by atoms with Crippen molar-refractivity contribution in [2.24, 2.45) is 0 Å². The van der Waals surface area contributed by atoms with Crippen LogP contribution in [0.4, 0.5) is 4.39 Å². The van der Waals surface area contributed by atoms with Gasteiger partial charge in [-0.3, -0.25) is 0 Å². The zero-order valence-corrected chi connectivity index (χ0v) is 5.65. The van der Waals surface area contributed by atoms with E-state index in [1.54, 1.807) is 0 Å². The Kier molecular flexibility index (Phi) is 3.68. The van der Waals surface area contributed by atoms with E-state index in [2.05, 4.69) is 5.92 Å². The summed E-state index contributed by atoms with van der Waals surface area (Å²) in [5.74, 6) is 3.56. The third-order valence-corrected chi connectivity index (χ3v) is 0.733. The summed E-state index contributed by atoms with van der Waals surface area (Å²) in [6.07, 6.45) is 0. The molecule has 0 nitrogen and oxygen atoms in total. The van der Waals surface area contributed by atoms with Crippen molar-refractivity contribution in [3.8, 4) is 11.8 Å². The smallest absolute Gasteiger partial charge is 0.194 e. The molecule has 0 aliphatic rings. The van der Waals surface area contributed by atoms with Gasteiger partial charge in [0.25, 0.3) is 0 Å². The predicted octanol–water partition coefficient (Wildman–Crippen LogP) is 2.63. The first-order valence-corrected chi connectivity index (χ1v) is 2.57. The zero-order chi connectivity index (χ0) is 6.57. The van der Waals surface area contributed by atoms with Gasteiger partial charge in [0, 0.05) is 0 Å². The average Bonchev–Trinajstić information content (AvgIpc) is 1.67. The Bertz CT molecular complexity index is 157. The van der Waals surface area contributed by atoms with Gasteiger partial charge in [-0.25, -0.2) is 0 Å². The molecule has 0 fully saturated rings. The summed E-state index contributed by atoms with van der Waals surface area (Å²) in [5.41, 5.74) is 0. The van der Waals surface area contributed by atoms with E-state index in [1.807, 2.05) is 5.92 Å². The number of allylic oxidation sites excluding steroid dienone is 1. The second-order valence-electron chi connectivity index (χ2n) is 0.949. The van der Waals surface area contributed by atoms with Crippen LogP contribution < -0.4 is 0 Å². The van der Waals surface area contributed by atoms with Crippen molar-refractivity contribution in [1.82, 2.24) is 0 Å². The number of hydrogen-bond acceptors (Lipinski definition) is 0. The monoisotopic (exact) mass is 152 g/mol. The van der Waals surface area contributed by atoms with Gasteiger partial charge in [0.2, 0.25) is 5.83 Å². The highest BCUT2D eigenvalue weighted by Crippen LogP contribution is 2.13. The standard InChI is InChI=1S/C5H3Cl2F/c1-2-3-4(8)5(6)7/h1H3. The van der Waals surface area contributed by atoms with E-state index in [1.165, 1.54) is 6.92 Å². The Morgan fingerprint density at radius 2 is 2.00 bits per heavy atom. The fourth-order valence-corrected chi connectivity index (χ4v) is 0.251. The second kappa shape index (κ2) is 3.77. The molecule has 3 heteroatoms. The lowest BCUT2D eigenvalue weighted by Crippen LogP contribution is -1.63. The van der Waals surface area contributed by atoms with E-state index in [4.69, 9.17) is 23.2 Å². The lowest BCUT2D eigenvalue weighted by atomic mass is 10.6. The van der Waals surface area contributed by atoms with Crippen molar-refractivity contribution >= 4 is 23.2 Å². The Balaban J connectivity index is 4.16. The molecular weight excluding hydrogens is 150 g/mol. The molecule has 0 rings (SSSR count). The first-order valence-electron chi connectivity index (χ1n) is 1.82. The molecule has 0 radical (unpaired) electrons. The van der Waals surface area contributed by atoms with Crippen molar-refractivity contribution in [3.05, 3.63) is 10.3 Å². The molecule has 0 saturated heterocycles. The molecule has 0 aromatic heterocycles. The van der Waals surface area contributed by atoms with Crippen LogP contribution in [0.5, 0.6) is 0 Å². The van der Waals surface area contributed by atoms with Gasteiger partial charge in [0.05, 0.1) is 0 Å². The van der Waals surface area contributed by atoms with Crippen LogP contribution in [-0.4, -0.2) is 0 Å². The van der Waals surface area contributed by atoms with Gasteiger partial charge >= 0.3 is 0 Å². The number of rotatable bonds is 0. The molecule has 0 aromatic carbocycles. The first-order chi connectivity index (χ1) is 3.68. The van der Waals surface area contributed by atoms with Gasteiger partial charge in [0.1, 0.15) is 0 Å². The van der Waals surface area contributed by atoms with E-state index in [0.29, 0.717) is 0 Å². The SMILES string of the molecule is CC#CC(F)=C(Cl)Cl. The first kappa shape index (κ1) is 7.81. The molecule has 0 heterocycles. The molecule has 0 aliphatic heterocycles. The van der Waals surface area contributed by atoms with E-state index in [0.717, 1.165) is 0 Å². The molecule has 0 unspecified atom stereocenters. The van der Waals surface area contributed by atoms with Crippen LogP contribution in [0.2, 0.25) is 0 Å². The third kappa shape index (κ3) is 2.90. The van der Waals surface area contributed by atoms with Crippen LogP contribution in [0, 0.1) is 11.8 Å². The Labute approximate surface area is 57.3 Å². The molecule has 44 valence electrons. The highest BCUT2D eigenvalue weighted by atomic mass is 35.5. The minimum Gasteiger partial charge on any atom is -0.194 e. The Morgan fingerprint density at radius 1 is 1.50 bits per heavy atom. The highest BCUT2D eigenvalue weighted by Gasteiger charge is 1.92. The Morgan fingerprint density at radius 3 is 2.12 bits per heavy atom. The molecule has 0 saturated carbocycles. The molecule has 0 aromatic rings. The summed E-state index contributed by atoms with van der Waals surface area (Å²) in [6.45, 7) is 1.50. The zero-order valence-electron chi connectivity index (χ0n) is 4.13. The molecule has 0 bridgehead atoms. The molecule has 0 atom stereocenters. The fraction of sp³-hybridized carbons (Fsp3) is 0.200. The van der Waals surface area contributed by atoms with Crippen LogP contribution >= 0.6 is 23.2 Å². The Hall–Kier alpha value is -0.190. The van der Waals surface area contributed by atoms with Gasteiger partial charge in [-0.05, 0) is 12.8 Å². The van der Waals surface area contributed by atoms with Crippen molar-refractivity contribution in [2.75, 3.05) is 0 Å². The average molecular weight is 153 g/mol. The summed E-state index contributed by atoms with van der Waals surface area (Å²) in [5, 5.41) is 0. The minimum atomic E-state index is -0.782. The predicted molar refractivity (Wildman–Crippen MR) is 33.3 cm³/mol. The maximum atomic E-state index is 12.0. The molecule has 0 N–H and O–H groups in total. The summed E-state index contributed by atoms with van der Waals surface area (Å²) in [4.78, 5) is 0. The minimum absolute atomic E-state index is 0.417. The molecule has 0 amide bonds. The summed E-state index contributed by atoms with van der Waals surface area (Å²) in [6, 6.07) is 0. The lowest BCUT2D eigenvalue weighted by Gasteiger charge is -1.78. The summed E-state index contributed by atoms with van der Waals surface area (Å²) >= 11 is 9.95. The second-order valence-corrected chi connectivity index (χ2v) is 1.90. The van der Waals surface area contributed by atoms with Gasteiger partial charge in [-0.15, -0.1) is 0 Å². The quantitative estimate of drug-likeness (QED) is 0.469. The normalized spacial score (nSPS) is 7.00. The van der Waals surface area contributed by atoms with E-state index in [9.17, 15) is 4.39 Å². The van der Waals surface area contributed by atoms with Gasteiger partial charge < -0.3 is 0 Å². The van der Waals surface area contributed by atoms with Crippen molar-refractivity contribution < 1.29 is 4.39 Å². The lowest BCUT2D eigenvalue weighted by molar-refractivity contribution is 0.676. The molecule has 8 heavy (non-hydrogen) atoms. The van der Waals surface area contributed by atoms with Crippen LogP contribution in [0.3, 0.4) is 0 Å². The van der Waals surface area contributed by atoms with Crippen molar-refractivity contribution in [1.29, 1.82) is 0 Å². The van der Waals surface area contributed by atoms with E-state index in [-0.39, 0.29) is 0 Å². The fourth-order valence-electron chi connectivity index (χ4n) is 0.157. The van der Waals surface area contributed by atoms with Crippen LogP contribution in [-0.2, 0) is 0 Å². The van der Waals surface area contributed by atoms with Crippen molar-refractivity contribution in [2.45, 2.75) is 6.92 Å². The van der Waals surface area contributed by atoms with E-state index >= 15 is 0 Å². The van der Waals surface area contributed by atoms with Crippen molar-refractivity contribution in [3.63, 3.8) is 0 Å². The maximum absolute atomic E-state index is 12.0. The van der Waals surface area contributed by atoms with Gasteiger partial charge in [-0.2, -0.15) is 4.39 Å². The topological polar surface area (TPSA) is 0 Å². The van der Waals surface area contributed by atoms with Crippen LogP contribution in [0.25, 0.3) is 0 Å². The summed E-state index contributed by atoms with van der Waals surface area (Å²) in [7, 11) is 0. The maximum Gasteiger partial charge on any atom is 0.203 e. The number of hydrogen-bond donors (Lipinski definition) is 0. The largest absolute Gasteiger partial charge is 0.203 e. The summed E-state index contributed by atoms with van der Waals surface area (Å²) < 4.78 is 11.6. The molecule has 0 spiro atoms. The van der Waals surface area contributed by atoms with Gasteiger partial charge in [0.15, 0.2) is 4.49 Å². The van der Waals surface area contributed by atoms with E-state index < -0.39 is 10.3 Å². The number of halogens is 3.